The largest absolute Gasteiger partial charge is 0.480 e. The van der Waals surface area contributed by atoms with Gasteiger partial charge in [-0.15, -0.1) is 0 Å². The van der Waals surface area contributed by atoms with Gasteiger partial charge in [0.1, 0.15) is 18.2 Å². The number of aromatic nitrogens is 1. The molecule has 1 atom stereocenters. The van der Waals surface area contributed by atoms with Gasteiger partial charge >= 0.3 is 5.97 Å². The molecule has 8 heteroatoms. The molecule has 2 rings (SSSR count). The van der Waals surface area contributed by atoms with Crippen molar-refractivity contribution in [2.75, 3.05) is 20.2 Å². The summed E-state index contributed by atoms with van der Waals surface area (Å²) in [5, 5.41) is 11.5. The number of carboxylic acids is 1. The van der Waals surface area contributed by atoms with E-state index in [2.05, 4.69) is 10.3 Å². The quantitative estimate of drug-likeness (QED) is 0.743. The fourth-order valence-electron chi connectivity index (χ4n) is 1.95. The molecule has 1 aliphatic heterocycles. The number of hydrogen-bond donors (Lipinski definition) is 2. The lowest BCUT2D eigenvalue weighted by Crippen LogP contribution is -2.59. The zero-order valence-corrected chi connectivity index (χ0v) is 10.7. The van der Waals surface area contributed by atoms with Crippen LogP contribution in [-0.2, 0) is 9.59 Å². The van der Waals surface area contributed by atoms with Crippen LogP contribution in [0.2, 0.25) is 0 Å². The number of nitrogens with one attached hydrogen (secondary N) is 1. The van der Waals surface area contributed by atoms with Crippen molar-refractivity contribution in [3.63, 3.8) is 0 Å². The number of carboxylic acid groups (broad SMARTS) is 1. The Kier molecular flexibility index (Phi) is 3.83. The topological polar surface area (TPSA) is 109 Å². The maximum Gasteiger partial charge on any atom is 0.328 e. The maximum atomic E-state index is 12.4. The van der Waals surface area contributed by atoms with Crippen molar-refractivity contribution < 1.29 is 24.2 Å². The number of carbonyl (C=O) groups is 3. The van der Waals surface area contributed by atoms with E-state index in [0.717, 1.165) is 4.90 Å². The number of rotatable bonds is 3. The summed E-state index contributed by atoms with van der Waals surface area (Å²) >= 11 is 0. The number of methoxy groups -OCH3 is 1. The lowest BCUT2D eigenvalue weighted by Gasteiger charge is -2.32. The first kappa shape index (κ1) is 13.8. The fourth-order valence-corrected chi connectivity index (χ4v) is 1.95. The normalized spacial score (nSPS) is 18.4. The molecule has 0 saturated carbocycles. The van der Waals surface area contributed by atoms with E-state index in [9.17, 15) is 14.4 Å². The summed E-state index contributed by atoms with van der Waals surface area (Å²) in [7, 11) is 1.36. The molecular formula is C12H13N3O5. The van der Waals surface area contributed by atoms with Gasteiger partial charge in [0, 0.05) is 12.7 Å². The summed E-state index contributed by atoms with van der Waals surface area (Å²) in [4.78, 5) is 39.8. The van der Waals surface area contributed by atoms with Gasteiger partial charge in [0.05, 0.1) is 7.11 Å². The van der Waals surface area contributed by atoms with Crippen LogP contribution in [0.3, 0.4) is 0 Å². The van der Waals surface area contributed by atoms with E-state index in [0.29, 0.717) is 0 Å². The molecular weight excluding hydrogens is 266 g/mol. The van der Waals surface area contributed by atoms with E-state index >= 15 is 0 Å². The third-order valence-electron chi connectivity index (χ3n) is 2.92. The van der Waals surface area contributed by atoms with E-state index < -0.39 is 23.8 Å². The molecule has 106 valence electrons. The zero-order chi connectivity index (χ0) is 14.7. The van der Waals surface area contributed by atoms with Gasteiger partial charge in [-0.2, -0.15) is 0 Å². The molecule has 0 bridgehead atoms. The highest BCUT2D eigenvalue weighted by Crippen LogP contribution is 2.18. The van der Waals surface area contributed by atoms with Crippen LogP contribution in [0.4, 0.5) is 0 Å². The van der Waals surface area contributed by atoms with Crippen LogP contribution in [-0.4, -0.2) is 59.0 Å². The van der Waals surface area contributed by atoms with Crippen LogP contribution < -0.4 is 10.1 Å². The van der Waals surface area contributed by atoms with Crippen molar-refractivity contribution in [1.82, 2.24) is 15.2 Å². The minimum absolute atomic E-state index is 0.0904. The lowest BCUT2D eigenvalue weighted by molar-refractivity contribution is -0.144. The Morgan fingerprint density at radius 2 is 2.30 bits per heavy atom. The Balaban J connectivity index is 2.33. The van der Waals surface area contributed by atoms with Crippen LogP contribution >= 0.6 is 0 Å². The molecule has 1 fully saturated rings. The molecule has 1 aliphatic rings. The van der Waals surface area contributed by atoms with E-state index in [-0.39, 0.29) is 24.5 Å². The molecule has 2 amide bonds. The van der Waals surface area contributed by atoms with Crippen LogP contribution in [0.25, 0.3) is 0 Å². The second-order valence-electron chi connectivity index (χ2n) is 4.15. The zero-order valence-electron chi connectivity index (χ0n) is 10.7. The molecule has 0 aromatic carbocycles. The van der Waals surface area contributed by atoms with Gasteiger partial charge in [-0.1, -0.05) is 0 Å². The average molecular weight is 279 g/mol. The number of aliphatic carboxylic acids is 1. The minimum Gasteiger partial charge on any atom is -0.480 e. The highest BCUT2D eigenvalue weighted by Gasteiger charge is 2.36. The minimum atomic E-state index is -1.18. The predicted octanol–water partition coefficient (Wildman–Crippen LogP) is -0.885. The summed E-state index contributed by atoms with van der Waals surface area (Å²) < 4.78 is 4.97. The van der Waals surface area contributed by atoms with Crippen LogP contribution in [0.15, 0.2) is 18.3 Å². The number of amides is 2. The average Bonchev–Trinajstić information content (AvgIpc) is 2.46. The Labute approximate surface area is 114 Å². The molecule has 1 unspecified atom stereocenters. The van der Waals surface area contributed by atoms with Crippen LogP contribution in [0.5, 0.6) is 5.88 Å². The van der Waals surface area contributed by atoms with Crippen molar-refractivity contribution in [2.45, 2.75) is 6.04 Å². The predicted molar refractivity (Wildman–Crippen MR) is 66.3 cm³/mol. The first-order valence-corrected chi connectivity index (χ1v) is 5.84. The van der Waals surface area contributed by atoms with Crippen molar-refractivity contribution in [2.24, 2.45) is 0 Å². The number of ether oxygens (including phenoxy) is 1. The third kappa shape index (κ3) is 2.53. The smallest absolute Gasteiger partial charge is 0.328 e. The number of nitrogens with zero attached hydrogens (tertiary/aromatic N) is 2. The van der Waals surface area contributed by atoms with Gasteiger partial charge in [0.15, 0.2) is 0 Å². The van der Waals surface area contributed by atoms with Crippen molar-refractivity contribution in [1.29, 1.82) is 0 Å². The Morgan fingerprint density at radius 3 is 2.95 bits per heavy atom. The van der Waals surface area contributed by atoms with E-state index in [4.69, 9.17) is 9.84 Å². The second kappa shape index (κ2) is 5.55. The Bertz CT molecular complexity index is 560. The van der Waals surface area contributed by atoms with Crippen molar-refractivity contribution in [3.05, 3.63) is 23.9 Å². The number of pyridine rings is 1. The van der Waals surface area contributed by atoms with Gasteiger partial charge < -0.3 is 20.1 Å². The van der Waals surface area contributed by atoms with Gasteiger partial charge in [0.2, 0.25) is 11.8 Å². The molecule has 1 aromatic heterocycles. The summed E-state index contributed by atoms with van der Waals surface area (Å²) in [6, 6.07) is 1.90. The summed E-state index contributed by atoms with van der Waals surface area (Å²) in [6.45, 7) is -0.434. The molecule has 0 aliphatic carbocycles. The molecule has 2 heterocycles. The fraction of sp³-hybridized carbons (Fsp3) is 0.333. The molecule has 2 N–H and O–H groups in total. The highest BCUT2D eigenvalue weighted by atomic mass is 16.5. The number of piperazine rings is 1. The molecule has 1 saturated heterocycles. The summed E-state index contributed by atoms with van der Waals surface area (Å²) in [6.07, 6.45) is 1.45. The van der Waals surface area contributed by atoms with Crippen LogP contribution in [0, 0.1) is 0 Å². The molecule has 1 aromatic rings. The van der Waals surface area contributed by atoms with Gasteiger partial charge in [-0.05, 0) is 12.1 Å². The molecule has 0 radical (unpaired) electrons. The molecule has 8 nitrogen and oxygen atoms in total. The van der Waals surface area contributed by atoms with E-state index in [1.807, 2.05) is 0 Å². The van der Waals surface area contributed by atoms with Crippen molar-refractivity contribution >= 4 is 17.8 Å². The van der Waals surface area contributed by atoms with Gasteiger partial charge in [0.25, 0.3) is 5.91 Å². The van der Waals surface area contributed by atoms with E-state index in [1.54, 1.807) is 0 Å². The van der Waals surface area contributed by atoms with Gasteiger partial charge in [-0.25, -0.2) is 9.78 Å². The first-order valence-electron chi connectivity index (χ1n) is 5.84. The Morgan fingerprint density at radius 1 is 1.55 bits per heavy atom. The van der Waals surface area contributed by atoms with Crippen molar-refractivity contribution in [3.8, 4) is 5.88 Å². The molecule has 0 spiro atoms. The standard InChI is InChI=1S/C12H13N3O5/c1-20-10-7(3-2-4-13-10)11(17)15-6-9(16)14-5-8(15)12(18)19/h2-4,8H,5-6H2,1H3,(H,14,16)(H,18,19). The Hall–Kier alpha value is -2.64. The summed E-state index contributed by atoms with van der Waals surface area (Å²) in [5.41, 5.74) is 0.121. The lowest BCUT2D eigenvalue weighted by atomic mass is 10.1. The van der Waals surface area contributed by atoms with Gasteiger partial charge in [-0.3, -0.25) is 9.59 Å². The summed E-state index contributed by atoms with van der Waals surface area (Å²) in [5.74, 6) is -2.09. The number of hydrogen-bond acceptors (Lipinski definition) is 5. The third-order valence-corrected chi connectivity index (χ3v) is 2.92. The van der Waals surface area contributed by atoms with E-state index in [1.165, 1.54) is 25.4 Å². The molecule has 20 heavy (non-hydrogen) atoms. The SMILES string of the molecule is COc1ncccc1C(=O)N1CC(=O)NCC1C(=O)O. The second-order valence-corrected chi connectivity index (χ2v) is 4.15. The number of carbonyl (C=O) groups excluding carboxylic acids is 2. The monoisotopic (exact) mass is 279 g/mol. The first-order chi connectivity index (χ1) is 9.54. The highest BCUT2D eigenvalue weighted by molar-refractivity contribution is 6.01. The van der Waals surface area contributed by atoms with Crippen LogP contribution in [0.1, 0.15) is 10.4 Å². The maximum absolute atomic E-state index is 12.4.